The fraction of sp³-hybridized carbons (Fsp3) is 1.00. The molecule has 1 fully saturated rings. The molecule has 0 bridgehead atoms. The van der Waals surface area contributed by atoms with Gasteiger partial charge in [-0.1, -0.05) is 33.6 Å². The molecule has 0 saturated heterocycles. The van der Waals surface area contributed by atoms with Gasteiger partial charge >= 0.3 is 0 Å². The molecule has 0 aliphatic heterocycles. The van der Waals surface area contributed by atoms with Crippen LogP contribution in [0.15, 0.2) is 0 Å². The number of hydrogen-bond acceptors (Lipinski definition) is 2. The third-order valence-corrected chi connectivity index (χ3v) is 3.79. The third-order valence-electron chi connectivity index (χ3n) is 3.79. The van der Waals surface area contributed by atoms with E-state index in [1.807, 2.05) is 0 Å². The monoisotopic (exact) mass is 198 g/mol. The van der Waals surface area contributed by atoms with E-state index in [1.54, 1.807) is 0 Å². The van der Waals surface area contributed by atoms with E-state index in [0.717, 1.165) is 24.3 Å². The van der Waals surface area contributed by atoms with Gasteiger partial charge in [0.1, 0.15) is 0 Å². The van der Waals surface area contributed by atoms with Crippen molar-refractivity contribution in [1.29, 1.82) is 0 Å². The lowest BCUT2D eigenvalue weighted by atomic mass is 9.94. The summed E-state index contributed by atoms with van der Waals surface area (Å²) in [5.41, 5.74) is 5.80. The predicted octanol–water partition coefficient (Wildman–Crippen LogP) is 2.00. The Bertz CT molecular complexity index is 154. The summed E-state index contributed by atoms with van der Waals surface area (Å²) in [5.74, 6) is 2.63. The van der Waals surface area contributed by atoms with Gasteiger partial charge in [0.15, 0.2) is 0 Å². The number of hydrogen-bond donors (Lipinski definition) is 2. The van der Waals surface area contributed by atoms with Crippen molar-refractivity contribution in [3.05, 3.63) is 0 Å². The summed E-state index contributed by atoms with van der Waals surface area (Å²) >= 11 is 0. The van der Waals surface area contributed by atoms with Crippen molar-refractivity contribution < 1.29 is 0 Å². The van der Waals surface area contributed by atoms with Gasteiger partial charge in [-0.2, -0.15) is 0 Å². The smallest absolute Gasteiger partial charge is 0.0218 e. The van der Waals surface area contributed by atoms with E-state index in [9.17, 15) is 0 Å². The Morgan fingerprint density at radius 3 is 2.29 bits per heavy atom. The molecule has 84 valence electrons. The van der Waals surface area contributed by atoms with Crippen molar-refractivity contribution in [2.75, 3.05) is 13.1 Å². The van der Waals surface area contributed by atoms with Crippen LogP contribution in [0.3, 0.4) is 0 Å². The molecule has 1 aliphatic rings. The van der Waals surface area contributed by atoms with Crippen LogP contribution >= 0.6 is 0 Å². The van der Waals surface area contributed by atoms with Gasteiger partial charge in [-0.15, -0.1) is 0 Å². The molecule has 3 N–H and O–H groups in total. The minimum Gasteiger partial charge on any atom is -0.329 e. The quantitative estimate of drug-likeness (QED) is 0.656. The molecule has 1 aliphatic carbocycles. The van der Waals surface area contributed by atoms with Gasteiger partial charge in [-0.05, 0) is 30.7 Å². The average molecular weight is 198 g/mol. The largest absolute Gasteiger partial charge is 0.329 e. The predicted molar refractivity (Wildman–Crippen MR) is 62.2 cm³/mol. The van der Waals surface area contributed by atoms with E-state index >= 15 is 0 Å². The fourth-order valence-corrected chi connectivity index (χ4v) is 2.29. The highest BCUT2D eigenvalue weighted by molar-refractivity contribution is 4.86. The summed E-state index contributed by atoms with van der Waals surface area (Å²) in [6.45, 7) is 8.82. The molecule has 1 rings (SSSR count). The Morgan fingerprint density at radius 2 is 1.93 bits per heavy atom. The number of nitrogens with two attached hydrogens (primary N) is 1. The fourth-order valence-electron chi connectivity index (χ4n) is 2.29. The Balaban J connectivity index is 2.22. The second-order valence-electron chi connectivity index (χ2n) is 4.80. The van der Waals surface area contributed by atoms with Gasteiger partial charge in [0.2, 0.25) is 0 Å². The maximum absolute atomic E-state index is 5.80. The summed E-state index contributed by atoms with van der Waals surface area (Å²) < 4.78 is 0. The van der Waals surface area contributed by atoms with Crippen LogP contribution in [0.1, 0.15) is 40.0 Å². The number of nitrogens with one attached hydrogen (secondary N) is 1. The van der Waals surface area contributed by atoms with E-state index in [4.69, 9.17) is 5.73 Å². The molecule has 0 radical (unpaired) electrons. The Hall–Kier alpha value is -0.0800. The molecule has 2 heteroatoms. The van der Waals surface area contributed by atoms with Crippen LogP contribution in [-0.4, -0.2) is 19.1 Å². The van der Waals surface area contributed by atoms with Gasteiger partial charge in [0.25, 0.3) is 0 Å². The second-order valence-corrected chi connectivity index (χ2v) is 4.80. The first-order valence-electron chi connectivity index (χ1n) is 6.16. The number of rotatable bonds is 7. The summed E-state index contributed by atoms with van der Waals surface area (Å²) in [7, 11) is 0. The SMILES string of the molecule is CCC(CC)C(CN)NCC1CC1C. The maximum Gasteiger partial charge on any atom is 0.0218 e. The van der Waals surface area contributed by atoms with Crippen molar-refractivity contribution in [3.63, 3.8) is 0 Å². The first-order valence-corrected chi connectivity index (χ1v) is 6.16. The van der Waals surface area contributed by atoms with Gasteiger partial charge in [-0.25, -0.2) is 0 Å². The van der Waals surface area contributed by atoms with Crippen LogP contribution in [0.2, 0.25) is 0 Å². The van der Waals surface area contributed by atoms with Gasteiger partial charge in [0.05, 0.1) is 0 Å². The lowest BCUT2D eigenvalue weighted by Crippen LogP contribution is -2.42. The molecule has 3 unspecified atom stereocenters. The van der Waals surface area contributed by atoms with Crippen LogP contribution in [0.5, 0.6) is 0 Å². The van der Waals surface area contributed by atoms with Crippen molar-refractivity contribution >= 4 is 0 Å². The molecule has 0 aromatic rings. The molecule has 3 atom stereocenters. The Morgan fingerprint density at radius 1 is 1.36 bits per heavy atom. The van der Waals surface area contributed by atoms with E-state index in [0.29, 0.717) is 6.04 Å². The zero-order chi connectivity index (χ0) is 10.6. The zero-order valence-electron chi connectivity index (χ0n) is 9.92. The molecule has 0 heterocycles. The first-order chi connectivity index (χ1) is 6.72. The Kier molecular flexibility index (Phi) is 4.90. The first kappa shape index (κ1) is 12.0. The molecular weight excluding hydrogens is 172 g/mol. The minimum absolute atomic E-state index is 0.540. The average Bonchev–Trinajstić information content (AvgIpc) is 2.89. The van der Waals surface area contributed by atoms with Crippen LogP contribution in [-0.2, 0) is 0 Å². The molecule has 0 spiro atoms. The second kappa shape index (κ2) is 5.72. The standard InChI is InChI=1S/C12H26N2/c1-4-10(5-2)12(7-13)14-8-11-6-9(11)3/h9-12,14H,4-8,13H2,1-3H3. The molecule has 14 heavy (non-hydrogen) atoms. The minimum atomic E-state index is 0.540. The van der Waals surface area contributed by atoms with Gasteiger partial charge in [-0.3, -0.25) is 0 Å². The van der Waals surface area contributed by atoms with Gasteiger partial charge in [0, 0.05) is 12.6 Å². The van der Waals surface area contributed by atoms with Crippen molar-refractivity contribution in [2.45, 2.75) is 46.1 Å². The summed E-state index contributed by atoms with van der Waals surface area (Å²) in [5, 5.41) is 3.64. The van der Waals surface area contributed by atoms with E-state index in [-0.39, 0.29) is 0 Å². The van der Waals surface area contributed by atoms with Crippen molar-refractivity contribution in [1.82, 2.24) is 5.32 Å². The van der Waals surface area contributed by atoms with Crippen molar-refractivity contribution in [2.24, 2.45) is 23.5 Å². The molecule has 0 amide bonds. The normalized spacial score (nSPS) is 28.1. The van der Waals surface area contributed by atoms with E-state index < -0.39 is 0 Å². The lowest BCUT2D eigenvalue weighted by molar-refractivity contribution is 0.334. The molecule has 0 aromatic heterocycles. The lowest BCUT2D eigenvalue weighted by Gasteiger charge is -2.25. The van der Waals surface area contributed by atoms with E-state index in [2.05, 4.69) is 26.1 Å². The topological polar surface area (TPSA) is 38.0 Å². The summed E-state index contributed by atoms with van der Waals surface area (Å²) in [6, 6.07) is 0.540. The van der Waals surface area contributed by atoms with Crippen LogP contribution < -0.4 is 11.1 Å². The highest BCUT2D eigenvalue weighted by atomic mass is 14.9. The maximum atomic E-state index is 5.80. The van der Waals surface area contributed by atoms with Gasteiger partial charge < -0.3 is 11.1 Å². The summed E-state index contributed by atoms with van der Waals surface area (Å²) in [4.78, 5) is 0. The molecule has 0 aromatic carbocycles. The van der Waals surface area contributed by atoms with Crippen LogP contribution in [0.25, 0.3) is 0 Å². The molecule has 2 nitrogen and oxygen atoms in total. The third kappa shape index (κ3) is 3.25. The molecular formula is C12H26N2. The highest BCUT2D eigenvalue weighted by Gasteiger charge is 2.32. The summed E-state index contributed by atoms with van der Waals surface area (Å²) in [6.07, 6.45) is 3.89. The van der Waals surface area contributed by atoms with E-state index in [1.165, 1.54) is 25.8 Å². The van der Waals surface area contributed by atoms with Crippen LogP contribution in [0, 0.1) is 17.8 Å². The van der Waals surface area contributed by atoms with Crippen molar-refractivity contribution in [3.8, 4) is 0 Å². The molecule has 1 saturated carbocycles. The van der Waals surface area contributed by atoms with Crippen LogP contribution in [0.4, 0.5) is 0 Å². The zero-order valence-corrected chi connectivity index (χ0v) is 9.92. The highest BCUT2D eigenvalue weighted by Crippen LogP contribution is 2.36. The Labute approximate surface area is 88.6 Å².